The van der Waals surface area contributed by atoms with Crippen LogP contribution in [-0.4, -0.2) is 20.7 Å². The molecule has 1 unspecified atom stereocenters. The van der Waals surface area contributed by atoms with Crippen LogP contribution in [0.1, 0.15) is 46.2 Å². The van der Waals surface area contributed by atoms with E-state index in [0.717, 1.165) is 78.7 Å². The second kappa shape index (κ2) is 17.4. The number of furan rings is 1. The van der Waals surface area contributed by atoms with E-state index in [1.54, 1.807) is 6.08 Å². The SMILES string of the molecule is C=C(C(=N)/C=C\c1ccc2ccc(-c3ccccc3)nc2c1)c1oc2cc(-c3ccccc3)ccc2c1/C=C/c1cc(C2=CCC(c3ccccc3)C=C2)nc(-c2ccccc2)n1. The van der Waals surface area contributed by atoms with Crippen LogP contribution in [0, 0.1) is 5.41 Å². The number of benzene rings is 6. The van der Waals surface area contributed by atoms with Crippen molar-refractivity contribution in [3.8, 4) is 33.8 Å². The van der Waals surface area contributed by atoms with Crippen LogP contribution in [0.2, 0.25) is 0 Å². The minimum Gasteiger partial charge on any atom is -0.455 e. The molecule has 0 fully saturated rings. The number of rotatable bonds is 11. The highest BCUT2D eigenvalue weighted by Gasteiger charge is 2.19. The summed E-state index contributed by atoms with van der Waals surface area (Å²) in [6, 6.07) is 59.7. The molecule has 3 aromatic heterocycles. The van der Waals surface area contributed by atoms with Gasteiger partial charge in [-0.05, 0) is 82.8 Å². The maximum Gasteiger partial charge on any atom is 0.160 e. The maximum atomic E-state index is 9.25. The Labute approximate surface area is 367 Å². The van der Waals surface area contributed by atoms with Gasteiger partial charge in [-0.3, -0.25) is 0 Å². The quantitative estimate of drug-likeness (QED) is 0.132. The molecule has 0 aliphatic heterocycles. The van der Waals surface area contributed by atoms with Gasteiger partial charge in [0, 0.05) is 39.0 Å². The molecule has 10 rings (SSSR count). The van der Waals surface area contributed by atoms with E-state index in [1.165, 1.54) is 5.56 Å². The first-order valence-electron chi connectivity index (χ1n) is 21.1. The minimum absolute atomic E-state index is 0.235. The Morgan fingerprint density at radius 1 is 0.619 bits per heavy atom. The molecule has 1 N–H and O–H groups in total. The Balaban J connectivity index is 0.997. The van der Waals surface area contributed by atoms with E-state index in [0.29, 0.717) is 28.7 Å². The average Bonchev–Trinajstić information content (AvgIpc) is 3.73. The lowest BCUT2D eigenvalue weighted by Crippen LogP contribution is -2.02. The second-order valence-electron chi connectivity index (χ2n) is 15.6. The predicted octanol–water partition coefficient (Wildman–Crippen LogP) is 14.8. The van der Waals surface area contributed by atoms with Crippen LogP contribution in [0.25, 0.3) is 85.0 Å². The van der Waals surface area contributed by atoms with Gasteiger partial charge in [-0.25, -0.2) is 15.0 Å². The zero-order chi connectivity index (χ0) is 42.5. The first-order valence-corrected chi connectivity index (χ1v) is 21.1. The number of pyridine rings is 1. The molecule has 3 heterocycles. The number of hydrogen-bond acceptors (Lipinski definition) is 5. The van der Waals surface area contributed by atoms with Gasteiger partial charge in [-0.1, -0.05) is 176 Å². The summed E-state index contributed by atoms with van der Waals surface area (Å²) in [7, 11) is 0. The monoisotopic (exact) mass is 810 g/mol. The molecule has 0 bridgehead atoms. The van der Waals surface area contributed by atoms with E-state index in [2.05, 4.69) is 116 Å². The summed E-state index contributed by atoms with van der Waals surface area (Å²) in [6.45, 7) is 4.42. The number of nitrogens with one attached hydrogen (secondary N) is 1. The highest BCUT2D eigenvalue weighted by atomic mass is 16.3. The van der Waals surface area contributed by atoms with Gasteiger partial charge in [0.15, 0.2) is 5.82 Å². The summed E-state index contributed by atoms with van der Waals surface area (Å²) in [4.78, 5) is 15.1. The summed E-state index contributed by atoms with van der Waals surface area (Å²) < 4.78 is 6.67. The highest BCUT2D eigenvalue weighted by molar-refractivity contribution is 6.28. The Bertz CT molecular complexity index is 3270. The van der Waals surface area contributed by atoms with E-state index in [9.17, 15) is 5.41 Å². The van der Waals surface area contributed by atoms with E-state index in [4.69, 9.17) is 19.4 Å². The van der Waals surface area contributed by atoms with Crippen molar-refractivity contribution in [2.24, 2.45) is 0 Å². The zero-order valence-corrected chi connectivity index (χ0v) is 34.5. The molecule has 9 aromatic rings. The van der Waals surface area contributed by atoms with Gasteiger partial charge in [0.25, 0.3) is 0 Å². The molecule has 5 heteroatoms. The van der Waals surface area contributed by atoms with E-state index >= 15 is 0 Å². The number of nitrogens with zero attached hydrogens (tertiary/aromatic N) is 3. The van der Waals surface area contributed by atoms with E-state index in [-0.39, 0.29) is 5.71 Å². The fourth-order valence-corrected chi connectivity index (χ4v) is 8.07. The van der Waals surface area contributed by atoms with Gasteiger partial charge in [0.1, 0.15) is 11.3 Å². The largest absolute Gasteiger partial charge is 0.455 e. The third kappa shape index (κ3) is 8.41. The first kappa shape index (κ1) is 38.9. The lowest BCUT2D eigenvalue weighted by molar-refractivity contribution is 0.601. The molecule has 0 spiro atoms. The van der Waals surface area contributed by atoms with Crippen LogP contribution in [-0.2, 0) is 0 Å². The van der Waals surface area contributed by atoms with Crippen molar-refractivity contribution < 1.29 is 4.42 Å². The van der Waals surface area contributed by atoms with Crippen molar-refractivity contribution in [3.63, 3.8) is 0 Å². The van der Waals surface area contributed by atoms with Gasteiger partial charge in [-0.2, -0.15) is 0 Å². The Morgan fingerprint density at radius 2 is 1.32 bits per heavy atom. The molecule has 63 heavy (non-hydrogen) atoms. The van der Waals surface area contributed by atoms with E-state index in [1.807, 2.05) is 103 Å². The first-order chi connectivity index (χ1) is 31.0. The fraction of sp³-hybridized carbons (Fsp3) is 0.0345. The summed E-state index contributed by atoms with van der Waals surface area (Å²) in [5.74, 6) is 1.49. The number of aromatic nitrogens is 3. The highest BCUT2D eigenvalue weighted by Crippen LogP contribution is 2.36. The normalized spacial score (nSPS) is 13.8. The molecule has 6 aromatic carbocycles. The fourth-order valence-electron chi connectivity index (χ4n) is 8.07. The number of fused-ring (bicyclic) bond motifs is 2. The molecule has 0 amide bonds. The molecule has 1 aliphatic rings. The predicted molar refractivity (Wildman–Crippen MR) is 262 cm³/mol. The van der Waals surface area contributed by atoms with Crippen molar-refractivity contribution in [1.82, 2.24) is 15.0 Å². The van der Waals surface area contributed by atoms with Gasteiger partial charge in [-0.15, -0.1) is 0 Å². The molecular weight excluding hydrogens is 769 g/mol. The van der Waals surface area contributed by atoms with Crippen LogP contribution < -0.4 is 0 Å². The smallest absolute Gasteiger partial charge is 0.160 e. The Kier molecular flexibility index (Phi) is 10.7. The Morgan fingerprint density at radius 3 is 2.05 bits per heavy atom. The van der Waals surface area contributed by atoms with Crippen molar-refractivity contribution >= 4 is 57.0 Å². The van der Waals surface area contributed by atoms with Crippen molar-refractivity contribution in [1.29, 1.82) is 5.41 Å². The van der Waals surface area contributed by atoms with Crippen molar-refractivity contribution in [2.75, 3.05) is 0 Å². The second-order valence-corrected chi connectivity index (χ2v) is 15.6. The molecular formula is C58H42N4O. The topological polar surface area (TPSA) is 75.7 Å². The summed E-state index contributed by atoms with van der Waals surface area (Å²) in [5.41, 5.74) is 13.1. The zero-order valence-electron chi connectivity index (χ0n) is 34.5. The average molecular weight is 811 g/mol. The van der Waals surface area contributed by atoms with Gasteiger partial charge >= 0.3 is 0 Å². The molecule has 0 saturated heterocycles. The lowest BCUT2D eigenvalue weighted by atomic mass is 9.89. The molecule has 1 aliphatic carbocycles. The van der Waals surface area contributed by atoms with Crippen LogP contribution in [0.5, 0.6) is 0 Å². The van der Waals surface area contributed by atoms with Crippen molar-refractivity contribution in [2.45, 2.75) is 12.3 Å². The third-order valence-corrected chi connectivity index (χ3v) is 11.5. The van der Waals surface area contributed by atoms with Gasteiger partial charge < -0.3 is 9.83 Å². The van der Waals surface area contributed by atoms with Gasteiger partial charge in [0.2, 0.25) is 0 Å². The Hall–Kier alpha value is -8.28. The summed E-state index contributed by atoms with van der Waals surface area (Å²) in [6.07, 6.45) is 15.3. The summed E-state index contributed by atoms with van der Waals surface area (Å²) >= 11 is 0. The number of allylic oxidation sites excluding steroid dienone is 6. The molecule has 300 valence electrons. The van der Waals surface area contributed by atoms with Gasteiger partial charge in [0.05, 0.1) is 28.3 Å². The standard InChI is InChI=1S/C58H42N4O/c1-39(52(59)34-23-40-22-24-45-30-35-53(61-54(45)36-40)44-18-10-4-11-19-44)57-51(50-32-29-48(37-56(50)63-57)42-16-8-3-9-17-42)33-31-49-38-55(62-58(60-49)47-20-12-5-13-21-47)46-27-25-43(26-28-46)41-14-6-2-7-15-41/h2-25,27-38,43,59H,1,26H2/b33-31+,34-23-,59-52?. The molecule has 1 atom stereocenters. The van der Waals surface area contributed by atoms with E-state index < -0.39 is 0 Å². The van der Waals surface area contributed by atoms with Crippen LogP contribution in [0.15, 0.2) is 211 Å². The van der Waals surface area contributed by atoms with Crippen LogP contribution in [0.3, 0.4) is 0 Å². The summed E-state index contributed by atoms with van der Waals surface area (Å²) in [5, 5.41) is 11.2. The molecule has 0 saturated carbocycles. The lowest BCUT2D eigenvalue weighted by Gasteiger charge is -2.17. The minimum atomic E-state index is 0.235. The van der Waals surface area contributed by atoms with Crippen LogP contribution in [0.4, 0.5) is 0 Å². The molecule has 5 nitrogen and oxygen atoms in total. The number of hydrogen-bond donors (Lipinski definition) is 1. The van der Waals surface area contributed by atoms with Crippen LogP contribution >= 0.6 is 0 Å². The third-order valence-electron chi connectivity index (χ3n) is 11.5. The van der Waals surface area contributed by atoms with Crippen molar-refractivity contribution in [3.05, 3.63) is 241 Å². The molecule has 0 radical (unpaired) electrons. The maximum absolute atomic E-state index is 9.25.